The zero-order valence-corrected chi connectivity index (χ0v) is 15.2. The van der Waals surface area contributed by atoms with Gasteiger partial charge in [0, 0.05) is 28.6 Å². The summed E-state index contributed by atoms with van der Waals surface area (Å²) in [4.78, 5) is 8.90. The summed E-state index contributed by atoms with van der Waals surface area (Å²) in [6.07, 6.45) is 10.1. The summed E-state index contributed by atoms with van der Waals surface area (Å²) in [5.74, 6) is 0.682. The number of rotatable bonds is 4. The first-order valence-corrected chi connectivity index (χ1v) is 8.90. The second kappa shape index (κ2) is 6.09. The van der Waals surface area contributed by atoms with Crippen LogP contribution in [0.3, 0.4) is 0 Å². The summed E-state index contributed by atoms with van der Waals surface area (Å²) >= 11 is 3.46. The van der Waals surface area contributed by atoms with Gasteiger partial charge in [-0.05, 0) is 71.8 Å². The number of aryl methyl sites for hydroxylation is 1. The molecule has 0 spiro atoms. The van der Waals surface area contributed by atoms with E-state index in [1.807, 2.05) is 29.5 Å². The summed E-state index contributed by atoms with van der Waals surface area (Å²) in [6, 6.07) is 4.28. The molecule has 122 valence electrons. The molecule has 1 aliphatic rings. The van der Waals surface area contributed by atoms with E-state index in [-0.39, 0.29) is 6.04 Å². The highest BCUT2D eigenvalue weighted by Crippen LogP contribution is 2.40. The molecule has 0 amide bonds. The normalized spacial score (nSPS) is 15.5. The van der Waals surface area contributed by atoms with Crippen LogP contribution in [-0.4, -0.2) is 25.0 Å². The lowest BCUT2D eigenvalue weighted by atomic mass is 10.1. The molecule has 6 heteroatoms. The summed E-state index contributed by atoms with van der Waals surface area (Å²) < 4.78 is 2.85. The molecule has 1 fully saturated rings. The van der Waals surface area contributed by atoms with Crippen LogP contribution in [-0.2, 0) is 0 Å². The first-order chi connectivity index (χ1) is 11.6. The van der Waals surface area contributed by atoms with Crippen molar-refractivity contribution in [3.05, 3.63) is 58.2 Å². The Hall–Kier alpha value is -2.08. The quantitative estimate of drug-likeness (QED) is 0.673. The molecule has 24 heavy (non-hydrogen) atoms. The topological polar surface area (TPSA) is 56.5 Å². The van der Waals surface area contributed by atoms with E-state index in [0.717, 1.165) is 27.0 Å². The lowest BCUT2D eigenvalue weighted by Gasteiger charge is -2.13. The molecule has 4 rings (SSSR count). The van der Waals surface area contributed by atoms with Crippen molar-refractivity contribution in [1.29, 1.82) is 0 Å². The van der Waals surface area contributed by atoms with Crippen molar-refractivity contribution in [1.82, 2.24) is 25.0 Å². The smallest absolute Gasteiger partial charge is 0.114 e. The lowest BCUT2D eigenvalue weighted by molar-refractivity contribution is 0.529. The van der Waals surface area contributed by atoms with E-state index in [4.69, 9.17) is 0 Å². The van der Waals surface area contributed by atoms with E-state index in [0.29, 0.717) is 5.92 Å². The van der Waals surface area contributed by atoms with Crippen molar-refractivity contribution in [3.63, 3.8) is 0 Å². The molecule has 0 radical (unpaired) electrons. The second-order valence-electron chi connectivity index (χ2n) is 6.40. The highest BCUT2D eigenvalue weighted by atomic mass is 79.9. The van der Waals surface area contributed by atoms with Gasteiger partial charge in [0.1, 0.15) is 5.69 Å². The van der Waals surface area contributed by atoms with E-state index >= 15 is 0 Å². The largest absolute Gasteiger partial charge is 0.264 e. The average Bonchev–Trinajstić information content (AvgIpc) is 3.31. The molecular formula is C18H18BrN5. The minimum atomic E-state index is 0.0268. The Morgan fingerprint density at radius 2 is 2.04 bits per heavy atom. The number of aromatic nitrogens is 5. The molecule has 0 aromatic carbocycles. The summed E-state index contributed by atoms with van der Waals surface area (Å²) in [7, 11) is 0. The van der Waals surface area contributed by atoms with Gasteiger partial charge < -0.3 is 0 Å². The fraction of sp³-hybridized carbons (Fsp3) is 0.333. The maximum atomic E-state index is 4.53. The van der Waals surface area contributed by atoms with Gasteiger partial charge in [-0.1, -0.05) is 5.21 Å². The van der Waals surface area contributed by atoms with Gasteiger partial charge in [-0.25, -0.2) is 4.68 Å². The van der Waals surface area contributed by atoms with Gasteiger partial charge in [0.15, 0.2) is 0 Å². The van der Waals surface area contributed by atoms with E-state index in [1.165, 1.54) is 18.4 Å². The van der Waals surface area contributed by atoms with Gasteiger partial charge in [-0.15, -0.1) is 5.10 Å². The molecular weight excluding hydrogens is 366 g/mol. The van der Waals surface area contributed by atoms with Crippen molar-refractivity contribution in [2.45, 2.75) is 38.6 Å². The van der Waals surface area contributed by atoms with Gasteiger partial charge in [-0.2, -0.15) is 0 Å². The first-order valence-electron chi connectivity index (χ1n) is 8.11. The van der Waals surface area contributed by atoms with Gasteiger partial charge in [0.25, 0.3) is 0 Å². The molecule has 5 nitrogen and oxygen atoms in total. The SMILES string of the molecule is Cc1cc(Br)cnc1C(C)n1cc(-c2cncc(C3CC3)c2)nn1. The van der Waals surface area contributed by atoms with Crippen LogP contribution in [0.5, 0.6) is 0 Å². The summed E-state index contributed by atoms with van der Waals surface area (Å²) in [5, 5.41) is 8.65. The number of hydrogen-bond acceptors (Lipinski definition) is 4. The third kappa shape index (κ3) is 2.98. The lowest BCUT2D eigenvalue weighted by Crippen LogP contribution is -2.11. The standard InChI is InChI=1S/C18H18BrN5/c1-11-5-16(19)9-21-18(11)12(2)24-10-17(22-23-24)15-6-14(7-20-8-15)13-3-4-13/h5-10,12-13H,3-4H2,1-2H3. The molecule has 1 atom stereocenters. The molecule has 0 N–H and O–H groups in total. The van der Waals surface area contributed by atoms with Crippen molar-refractivity contribution < 1.29 is 0 Å². The fourth-order valence-electron chi connectivity index (χ4n) is 2.95. The fourth-order valence-corrected chi connectivity index (χ4v) is 3.40. The van der Waals surface area contributed by atoms with Gasteiger partial charge in [-0.3, -0.25) is 9.97 Å². The molecule has 0 aliphatic heterocycles. The number of nitrogens with zero attached hydrogens (tertiary/aromatic N) is 5. The van der Waals surface area contributed by atoms with Crippen molar-refractivity contribution in [2.75, 3.05) is 0 Å². The first kappa shape index (κ1) is 15.4. The molecule has 3 heterocycles. The summed E-state index contributed by atoms with van der Waals surface area (Å²) in [5.41, 5.74) is 5.32. The van der Waals surface area contributed by atoms with E-state index in [9.17, 15) is 0 Å². The molecule has 1 aliphatic carbocycles. The van der Waals surface area contributed by atoms with Crippen LogP contribution in [0.1, 0.15) is 48.5 Å². The van der Waals surface area contributed by atoms with Crippen LogP contribution in [0.4, 0.5) is 0 Å². The Morgan fingerprint density at radius 1 is 1.21 bits per heavy atom. The monoisotopic (exact) mass is 383 g/mol. The van der Waals surface area contributed by atoms with Crippen LogP contribution >= 0.6 is 15.9 Å². The van der Waals surface area contributed by atoms with Crippen LogP contribution in [0, 0.1) is 6.92 Å². The number of halogens is 1. The van der Waals surface area contributed by atoms with Crippen molar-refractivity contribution in [3.8, 4) is 11.3 Å². The Balaban J connectivity index is 1.63. The maximum Gasteiger partial charge on any atom is 0.114 e. The van der Waals surface area contributed by atoms with E-state index < -0.39 is 0 Å². The average molecular weight is 384 g/mol. The van der Waals surface area contributed by atoms with Crippen molar-refractivity contribution >= 4 is 15.9 Å². The Morgan fingerprint density at radius 3 is 2.79 bits per heavy atom. The Bertz CT molecular complexity index is 885. The molecule has 1 unspecified atom stereocenters. The Labute approximate surface area is 149 Å². The highest BCUT2D eigenvalue weighted by Gasteiger charge is 2.24. The summed E-state index contributed by atoms with van der Waals surface area (Å²) in [6.45, 7) is 4.14. The zero-order chi connectivity index (χ0) is 16.7. The predicted molar refractivity (Wildman–Crippen MR) is 95.7 cm³/mol. The van der Waals surface area contributed by atoms with E-state index in [2.05, 4.69) is 62.2 Å². The maximum absolute atomic E-state index is 4.53. The molecule has 1 saturated carbocycles. The molecule has 0 bridgehead atoms. The van der Waals surface area contributed by atoms with E-state index in [1.54, 1.807) is 0 Å². The van der Waals surface area contributed by atoms with Crippen LogP contribution < -0.4 is 0 Å². The number of pyridine rings is 2. The van der Waals surface area contributed by atoms with Gasteiger partial charge >= 0.3 is 0 Å². The predicted octanol–water partition coefficient (Wildman–Crippen LogP) is 4.29. The molecule has 3 aromatic rings. The minimum Gasteiger partial charge on any atom is -0.264 e. The van der Waals surface area contributed by atoms with Crippen LogP contribution in [0.25, 0.3) is 11.3 Å². The van der Waals surface area contributed by atoms with Crippen LogP contribution in [0.15, 0.2) is 41.4 Å². The highest BCUT2D eigenvalue weighted by molar-refractivity contribution is 9.10. The molecule has 3 aromatic heterocycles. The third-order valence-electron chi connectivity index (χ3n) is 4.49. The third-order valence-corrected chi connectivity index (χ3v) is 4.93. The zero-order valence-electron chi connectivity index (χ0n) is 13.6. The van der Waals surface area contributed by atoms with Gasteiger partial charge in [0.2, 0.25) is 0 Å². The minimum absolute atomic E-state index is 0.0268. The molecule has 0 saturated heterocycles. The Kier molecular flexibility index (Phi) is 3.92. The van der Waals surface area contributed by atoms with Crippen molar-refractivity contribution in [2.24, 2.45) is 0 Å². The number of hydrogen-bond donors (Lipinski definition) is 0. The van der Waals surface area contributed by atoms with Crippen LogP contribution in [0.2, 0.25) is 0 Å². The van der Waals surface area contributed by atoms with Gasteiger partial charge in [0.05, 0.1) is 17.9 Å². The second-order valence-corrected chi connectivity index (χ2v) is 7.31.